The van der Waals surface area contributed by atoms with Crippen molar-refractivity contribution in [3.05, 3.63) is 29.8 Å². The zero-order chi connectivity index (χ0) is 21.5. The van der Waals surface area contributed by atoms with Gasteiger partial charge in [-0.2, -0.15) is 0 Å². The van der Waals surface area contributed by atoms with Crippen molar-refractivity contribution in [3.63, 3.8) is 0 Å². The van der Waals surface area contributed by atoms with Crippen molar-refractivity contribution in [2.45, 2.75) is 70.6 Å². The molecule has 1 N–H and O–H groups in total. The van der Waals surface area contributed by atoms with Crippen molar-refractivity contribution in [1.82, 2.24) is 10.2 Å². The molecule has 3 aliphatic rings. The van der Waals surface area contributed by atoms with Gasteiger partial charge in [-0.05, 0) is 64.0 Å². The van der Waals surface area contributed by atoms with Gasteiger partial charge in [-0.1, -0.05) is 18.2 Å². The van der Waals surface area contributed by atoms with E-state index < -0.39 is 0 Å². The monoisotopic (exact) mass is 556 g/mol. The maximum atomic E-state index is 6.19. The van der Waals surface area contributed by atoms with Crippen molar-refractivity contribution >= 4 is 35.6 Å². The van der Waals surface area contributed by atoms with E-state index in [1.165, 1.54) is 24.1 Å². The number of likely N-dealkylation sites (tertiary alicyclic amines) is 1. The van der Waals surface area contributed by atoms with Crippen molar-refractivity contribution in [2.75, 3.05) is 50.8 Å². The van der Waals surface area contributed by atoms with E-state index in [9.17, 15) is 0 Å². The highest BCUT2D eigenvalue weighted by atomic mass is 127. The molecule has 2 fully saturated rings. The van der Waals surface area contributed by atoms with E-state index >= 15 is 0 Å². The lowest BCUT2D eigenvalue weighted by atomic mass is 10.1. The second-order valence-corrected chi connectivity index (χ2v) is 9.12. The van der Waals surface area contributed by atoms with Crippen LogP contribution in [0.4, 0.5) is 5.69 Å². The summed E-state index contributed by atoms with van der Waals surface area (Å²) >= 11 is 0. The fourth-order valence-electron chi connectivity index (χ4n) is 4.98. The number of nitrogens with one attached hydrogen (secondary N) is 1. The largest absolute Gasteiger partial charge is 0.376 e. The number of halogens is 1. The highest BCUT2D eigenvalue weighted by Gasteiger charge is 2.25. The van der Waals surface area contributed by atoms with Gasteiger partial charge < -0.3 is 24.6 Å². The van der Waals surface area contributed by atoms with Crippen molar-refractivity contribution < 1.29 is 9.47 Å². The summed E-state index contributed by atoms with van der Waals surface area (Å²) in [6.45, 7) is 10.9. The first-order chi connectivity index (χ1) is 15.2. The Hall–Kier alpha value is -1.06. The fourth-order valence-corrected chi connectivity index (χ4v) is 4.98. The molecule has 2 unspecified atom stereocenters. The van der Waals surface area contributed by atoms with Gasteiger partial charge in [0.25, 0.3) is 0 Å². The first-order valence-corrected chi connectivity index (χ1v) is 12.4. The molecule has 1 aromatic rings. The van der Waals surface area contributed by atoms with Crippen LogP contribution in [0.2, 0.25) is 0 Å². The Bertz CT molecular complexity index is 718. The summed E-state index contributed by atoms with van der Waals surface area (Å²) < 4.78 is 12.0. The van der Waals surface area contributed by atoms with Crippen LogP contribution in [0.1, 0.15) is 51.5 Å². The number of hydrogen-bond acceptors (Lipinski definition) is 4. The van der Waals surface area contributed by atoms with Crippen molar-refractivity contribution in [3.8, 4) is 0 Å². The molecule has 2 atom stereocenters. The zero-order valence-corrected chi connectivity index (χ0v) is 22.1. The van der Waals surface area contributed by atoms with E-state index in [4.69, 9.17) is 14.5 Å². The van der Waals surface area contributed by atoms with Crippen LogP contribution in [0.15, 0.2) is 29.3 Å². The summed E-state index contributed by atoms with van der Waals surface area (Å²) in [6.07, 6.45) is 7.55. The van der Waals surface area contributed by atoms with E-state index in [1.54, 1.807) is 0 Å². The van der Waals surface area contributed by atoms with Gasteiger partial charge in [-0.3, -0.25) is 4.99 Å². The molecule has 0 aromatic heterocycles. The van der Waals surface area contributed by atoms with Crippen LogP contribution in [0.3, 0.4) is 0 Å². The molecule has 1 aromatic carbocycles. The van der Waals surface area contributed by atoms with Gasteiger partial charge >= 0.3 is 0 Å². The summed E-state index contributed by atoms with van der Waals surface area (Å²) in [5.74, 6) is 1.05. The predicted octanol–water partition coefficient (Wildman–Crippen LogP) is 4.07. The van der Waals surface area contributed by atoms with E-state index in [-0.39, 0.29) is 24.0 Å². The molecule has 6 nitrogen and oxygen atoms in total. The summed E-state index contributed by atoms with van der Waals surface area (Å²) in [5.41, 5.74) is 2.85. The summed E-state index contributed by atoms with van der Waals surface area (Å²) in [5, 5.41) is 3.51. The van der Waals surface area contributed by atoms with E-state index in [0.717, 1.165) is 77.6 Å². The molecule has 180 valence electrons. The minimum Gasteiger partial charge on any atom is -0.376 e. The van der Waals surface area contributed by atoms with Gasteiger partial charge in [0, 0.05) is 44.5 Å². The molecule has 3 heterocycles. The maximum absolute atomic E-state index is 6.19. The third-order valence-electron chi connectivity index (χ3n) is 6.83. The maximum Gasteiger partial charge on any atom is 0.193 e. The van der Waals surface area contributed by atoms with Crippen LogP contribution >= 0.6 is 24.0 Å². The molecule has 0 spiro atoms. The SMILES string of the molecule is CCNC(=NCC(C)N1CCc2ccccc21)N1CCC(OCC2CCCCO2)CC1.I. The third kappa shape index (κ3) is 6.73. The number of guanidine groups is 1. The molecule has 0 radical (unpaired) electrons. The number of rotatable bonds is 7. The molecule has 7 heteroatoms. The number of fused-ring (bicyclic) bond motifs is 1. The van der Waals surface area contributed by atoms with Gasteiger partial charge in [0.1, 0.15) is 0 Å². The molecule has 0 saturated carbocycles. The van der Waals surface area contributed by atoms with Crippen LogP contribution in [-0.4, -0.2) is 75.0 Å². The molecular formula is C25H41IN4O2. The number of hydrogen-bond donors (Lipinski definition) is 1. The van der Waals surface area contributed by atoms with Gasteiger partial charge in [-0.15, -0.1) is 24.0 Å². The van der Waals surface area contributed by atoms with Gasteiger partial charge in [0.05, 0.1) is 25.4 Å². The summed E-state index contributed by atoms with van der Waals surface area (Å²) in [7, 11) is 0. The standard InChI is InChI=1S/C25H40N4O2.HI/c1-3-26-25(27-18-20(2)29-16-11-21-8-4-5-10-24(21)29)28-14-12-22(13-15-28)31-19-23-9-6-7-17-30-23;/h4-5,8,10,20,22-23H,3,6-7,9,11-19H2,1-2H3,(H,26,27);1H. The Labute approximate surface area is 211 Å². The van der Waals surface area contributed by atoms with Crippen molar-refractivity contribution in [1.29, 1.82) is 0 Å². The number of aliphatic imine (C=N–C) groups is 1. The molecule has 0 bridgehead atoms. The van der Waals surface area contributed by atoms with E-state index in [0.29, 0.717) is 18.2 Å². The zero-order valence-electron chi connectivity index (χ0n) is 19.8. The Kier molecular flexibility index (Phi) is 10.4. The molecule has 3 aliphatic heterocycles. The number of anilines is 1. The second kappa shape index (κ2) is 13.0. The molecule has 2 saturated heterocycles. The summed E-state index contributed by atoms with van der Waals surface area (Å²) in [4.78, 5) is 9.95. The Morgan fingerprint density at radius 1 is 1.19 bits per heavy atom. The first-order valence-electron chi connectivity index (χ1n) is 12.4. The van der Waals surface area contributed by atoms with Gasteiger partial charge in [-0.25, -0.2) is 0 Å². The van der Waals surface area contributed by atoms with Crippen LogP contribution < -0.4 is 10.2 Å². The number of nitrogens with zero attached hydrogens (tertiary/aromatic N) is 3. The van der Waals surface area contributed by atoms with Crippen LogP contribution in [-0.2, 0) is 15.9 Å². The highest BCUT2D eigenvalue weighted by molar-refractivity contribution is 14.0. The fraction of sp³-hybridized carbons (Fsp3) is 0.720. The lowest BCUT2D eigenvalue weighted by Crippen LogP contribution is -2.48. The number of para-hydroxylation sites is 1. The molecule has 0 amide bonds. The van der Waals surface area contributed by atoms with Crippen LogP contribution in [0.5, 0.6) is 0 Å². The third-order valence-corrected chi connectivity index (χ3v) is 6.83. The average molecular weight is 557 g/mol. The number of piperidine rings is 1. The highest BCUT2D eigenvalue weighted by Crippen LogP contribution is 2.29. The number of ether oxygens (including phenoxy) is 2. The lowest BCUT2D eigenvalue weighted by Gasteiger charge is -2.35. The normalized spacial score (nSPS) is 22.9. The quantitative estimate of drug-likeness (QED) is 0.312. The predicted molar refractivity (Wildman–Crippen MR) is 142 cm³/mol. The lowest BCUT2D eigenvalue weighted by molar-refractivity contribution is -0.0721. The van der Waals surface area contributed by atoms with E-state index in [2.05, 4.69) is 53.2 Å². The smallest absolute Gasteiger partial charge is 0.193 e. The molecule has 0 aliphatic carbocycles. The second-order valence-electron chi connectivity index (χ2n) is 9.12. The molecule has 32 heavy (non-hydrogen) atoms. The van der Waals surface area contributed by atoms with E-state index in [1.807, 2.05) is 0 Å². The summed E-state index contributed by atoms with van der Waals surface area (Å²) in [6, 6.07) is 9.18. The molecular weight excluding hydrogens is 515 g/mol. The average Bonchev–Trinajstić information content (AvgIpc) is 3.26. The van der Waals surface area contributed by atoms with Gasteiger partial charge in [0.2, 0.25) is 0 Å². The minimum atomic E-state index is 0. The Morgan fingerprint density at radius 2 is 2.00 bits per heavy atom. The first kappa shape index (κ1) is 25.6. The molecule has 4 rings (SSSR count). The van der Waals surface area contributed by atoms with Crippen molar-refractivity contribution in [2.24, 2.45) is 4.99 Å². The minimum absolute atomic E-state index is 0. The Balaban J connectivity index is 0.00000289. The topological polar surface area (TPSA) is 49.3 Å². The van der Waals surface area contributed by atoms with Crippen LogP contribution in [0, 0.1) is 0 Å². The Morgan fingerprint density at radius 3 is 2.75 bits per heavy atom. The number of benzene rings is 1. The van der Waals surface area contributed by atoms with Crippen LogP contribution in [0.25, 0.3) is 0 Å². The van der Waals surface area contributed by atoms with Gasteiger partial charge in [0.15, 0.2) is 5.96 Å².